The van der Waals surface area contributed by atoms with Crippen LogP contribution in [0.4, 0.5) is 0 Å². The lowest BCUT2D eigenvalue weighted by atomic mass is 9.91. The minimum Gasteiger partial charge on any atom is -0.0810 e. The Labute approximate surface area is 101 Å². The molecule has 1 atom stereocenters. The monoisotopic (exact) mass is 216 g/mol. The molecular weight excluding hydrogens is 192 g/mol. The lowest BCUT2D eigenvalue weighted by molar-refractivity contribution is 0.649. The van der Waals surface area contributed by atoms with Gasteiger partial charge in [-0.3, -0.25) is 0 Å². The minimum atomic E-state index is 0. The average Bonchev–Trinajstić information content (AvgIpc) is 2.36. The van der Waals surface area contributed by atoms with Crippen molar-refractivity contribution in [3.8, 4) is 0 Å². The summed E-state index contributed by atoms with van der Waals surface area (Å²) in [6.07, 6.45) is 9.26. The molecule has 0 heteroatoms. The highest BCUT2D eigenvalue weighted by Gasteiger charge is 2.07. The molecule has 0 nitrogen and oxygen atoms in total. The predicted octanol–water partition coefficient (Wildman–Crippen LogP) is 5.02. The topological polar surface area (TPSA) is 0 Å². The van der Waals surface area contributed by atoms with Crippen LogP contribution in [0.25, 0.3) is 0 Å². The summed E-state index contributed by atoms with van der Waals surface area (Å²) < 4.78 is 0. The third-order valence-electron chi connectivity index (χ3n) is 2.71. The van der Waals surface area contributed by atoms with Gasteiger partial charge in [0.25, 0.3) is 0 Å². The van der Waals surface area contributed by atoms with E-state index in [0.29, 0.717) is 5.92 Å². The zero-order chi connectivity index (χ0) is 11.8. The molecule has 2 rings (SSSR count). The summed E-state index contributed by atoms with van der Waals surface area (Å²) in [4.78, 5) is 0. The molecule has 1 aromatic carbocycles. The van der Waals surface area contributed by atoms with Crippen molar-refractivity contribution in [2.24, 2.45) is 5.92 Å². The summed E-state index contributed by atoms with van der Waals surface area (Å²) >= 11 is 0. The molecule has 0 amide bonds. The molecule has 0 fully saturated rings. The van der Waals surface area contributed by atoms with Crippen LogP contribution in [-0.4, -0.2) is 0 Å². The van der Waals surface area contributed by atoms with E-state index in [4.69, 9.17) is 0 Å². The lowest BCUT2D eigenvalue weighted by Crippen LogP contribution is -2.02. The maximum absolute atomic E-state index is 2.34. The predicted molar refractivity (Wildman–Crippen MR) is 74.6 cm³/mol. The molecule has 0 saturated heterocycles. The third kappa shape index (κ3) is 4.06. The number of hydrogen-bond donors (Lipinski definition) is 0. The normalized spacial score (nSPS) is 18.4. The Kier molecular flexibility index (Phi) is 5.63. The van der Waals surface area contributed by atoms with Gasteiger partial charge in [-0.05, 0) is 31.2 Å². The van der Waals surface area contributed by atoms with Gasteiger partial charge < -0.3 is 0 Å². The molecule has 1 aromatic rings. The summed E-state index contributed by atoms with van der Waals surface area (Å²) in [7, 11) is 0. The summed E-state index contributed by atoms with van der Waals surface area (Å²) in [5.41, 5.74) is 2.84. The van der Waals surface area contributed by atoms with E-state index < -0.39 is 0 Å². The van der Waals surface area contributed by atoms with Crippen LogP contribution in [0.5, 0.6) is 0 Å². The van der Waals surface area contributed by atoms with Gasteiger partial charge in [-0.15, -0.1) is 0 Å². The molecule has 0 spiro atoms. The van der Waals surface area contributed by atoms with Crippen molar-refractivity contribution in [1.82, 2.24) is 0 Å². The fourth-order valence-corrected chi connectivity index (χ4v) is 1.84. The first kappa shape index (κ1) is 12.8. The van der Waals surface area contributed by atoms with E-state index >= 15 is 0 Å². The highest BCUT2D eigenvalue weighted by Crippen LogP contribution is 2.20. The Hall–Kier alpha value is -1.30. The zero-order valence-electron chi connectivity index (χ0n) is 10.6. The number of allylic oxidation sites excluding steroid dienone is 4. The van der Waals surface area contributed by atoms with Gasteiger partial charge in [0.05, 0.1) is 0 Å². The van der Waals surface area contributed by atoms with E-state index in [0.717, 1.165) is 0 Å². The molecule has 0 N–H and O–H groups in total. The second-order valence-electron chi connectivity index (χ2n) is 3.99. The van der Waals surface area contributed by atoms with Gasteiger partial charge in [0.1, 0.15) is 0 Å². The molecule has 16 heavy (non-hydrogen) atoms. The quantitative estimate of drug-likeness (QED) is 0.651. The van der Waals surface area contributed by atoms with Gasteiger partial charge in [0.15, 0.2) is 0 Å². The van der Waals surface area contributed by atoms with E-state index in [1.807, 2.05) is 13.8 Å². The Morgan fingerprint density at radius 1 is 1.19 bits per heavy atom. The molecule has 0 saturated carbocycles. The van der Waals surface area contributed by atoms with E-state index in [2.05, 4.69) is 55.5 Å². The highest BCUT2D eigenvalue weighted by atomic mass is 14.1. The first-order chi connectivity index (χ1) is 7.84. The second-order valence-corrected chi connectivity index (χ2v) is 3.99. The summed E-state index contributed by atoms with van der Waals surface area (Å²) in [5.74, 6) is 0.695. The summed E-state index contributed by atoms with van der Waals surface area (Å²) in [5, 5.41) is 0. The maximum Gasteiger partial charge on any atom is 0 e. The molecule has 0 aliphatic heterocycles. The van der Waals surface area contributed by atoms with Crippen molar-refractivity contribution < 1.29 is 1.43 Å². The van der Waals surface area contributed by atoms with Crippen molar-refractivity contribution in [2.45, 2.75) is 33.6 Å². The van der Waals surface area contributed by atoms with Crippen LogP contribution in [-0.2, 0) is 6.42 Å². The fraction of sp³-hybridized carbons (Fsp3) is 0.375. The molecule has 1 aliphatic carbocycles. The van der Waals surface area contributed by atoms with Crippen LogP contribution in [0.3, 0.4) is 0 Å². The van der Waals surface area contributed by atoms with Crippen LogP contribution < -0.4 is 0 Å². The molecule has 0 aromatic heterocycles. The van der Waals surface area contributed by atoms with Gasteiger partial charge in [0.2, 0.25) is 0 Å². The Morgan fingerprint density at radius 2 is 1.88 bits per heavy atom. The van der Waals surface area contributed by atoms with Crippen LogP contribution in [0.2, 0.25) is 0 Å². The highest BCUT2D eigenvalue weighted by molar-refractivity contribution is 5.24. The molecule has 1 unspecified atom stereocenters. The fourth-order valence-electron chi connectivity index (χ4n) is 1.84. The van der Waals surface area contributed by atoms with Crippen LogP contribution in [0, 0.1) is 5.92 Å². The lowest BCUT2D eigenvalue weighted by Gasteiger charge is -2.14. The van der Waals surface area contributed by atoms with Crippen molar-refractivity contribution in [1.29, 1.82) is 0 Å². The largest absolute Gasteiger partial charge is 0.0810 e. The Balaban J connectivity index is 0.000000811. The first-order valence-corrected chi connectivity index (χ1v) is 6.23. The first-order valence-electron chi connectivity index (χ1n) is 6.23. The van der Waals surface area contributed by atoms with Crippen LogP contribution >= 0.6 is 0 Å². The van der Waals surface area contributed by atoms with E-state index in [9.17, 15) is 0 Å². The van der Waals surface area contributed by atoms with Gasteiger partial charge in [-0.2, -0.15) is 0 Å². The molecular formula is C16H24. The third-order valence-corrected chi connectivity index (χ3v) is 2.71. The average molecular weight is 216 g/mol. The summed E-state index contributed by atoms with van der Waals surface area (Å²) in [6, 6.07) is 10.7. The maximum atomic E-state index is 2.34. The van der Waals surface area contributed by atoms with Gasteiger partial charge >= 0.3 is 0 Å². The number of benzene rings is 1. The van der Waals surface area contributed by atoms with E-state index in [1.165, 1.54) is 24.0 Å². The molecule has 0 bridgehead atoms. The minimum absolute atomic E-state index is 0. The van der Waals surface area contributed by atoms with Crippen molar-refractivity contribution in [3.05, 3.63) is 59.7 Å². The number of hydrogen-bond acceptors (Lipinski definition) is 0. The van der Waals surface area contributed by atoms with Gasteiger partial charge in [-0.25, -0.2) is 0 Å². The SMILES string of the molecule is CC.CC1=CCC(Cc2ccccc2)C=C1.[HH]. The van der Waals surface area contributed by atoms with Gasteiger partial charge in [0, 0.05) is 1.43 Å². The zero-order valence-corrected chi connectivity index (χ0v) is 10.6. The van der Waals surface area contributed by atoms with Crippen molar-refractivity contribution in [2.75, 3.05) is 0 Å². The Morgan fingerprint density at radius 3 is 2.44 bits per heavy atom. The molecule has 0 heterocycles. The van der Waals surface area contributed by atoms with E-state index in [1.54, 1.807) is 0 Å². The van der Waals surface area contributed by atoms with Crippen LogP contribution in [0.1, 0.15) is 34.2 Å². The van der Waals surface area contributed by atoms with Crippen LogP contribution in [0.15, 0.2) is 54.1 Å². The molecule has 0 radical (unpaired) electrons. The Bertz CT molecular complexity index is 349. The smallest absolute Gasteiger partial charge is 0 e. The summed E-state index contributed by atoms with van der Waals surface area (Å²) in [6.45, 7) is 6.16. The van der Waals surface area contributed by atoms with E-state index in [-0.39, 0.29) is 1.43 Å². The van der Waals surface area contributed by atoms with Crippen molar-refractivity contribution in [3.63, 3.8) is 0 Å². The van der Waals surface area contributed by atoms with Gasteiger partial charge in [-0.1, -0.05) is 68.0 Å². The number of rotatable bonds is 2. The molecule has 88 valence electrons. The standard InChI is InChI=1S/C14H16.C2H6.H2/c1-12-7-9-14(10-8-12)11-13-5-3-2-4-6-13;1-2;/h2-9,14H,10-11H2,1H3;1-2H3;1H. The van der Waals surface area contributed by atoms with Crippen molar-refractivity contribution >= 4 is 0 Å². The second kappa shape index (κ2) is 7.05. The molecule has 1 aliphatic rings.